The van der Waals surface area contributed by atoms with Crippen LogP contribution in [0.25, 0.3) is 5.57 Å². The van der Waals surface area contributed by atoms with E-state index >= 15 is 0 Å². The van der Waals surface area contributed by atoms with Gasteiger partial charge in [0.2, 0.25) is 5.90 Å². The van der Waals surface area contributed by atoms with Crippen LogP contribution < -0.4 is 0 Å². The van der Waals surface area contributed by atoms with Crippen molar-refractivity contribution in [2.24, 2.45) is 11.1 Å². The smallest absolute Gasteiger partial charge is 0.339 e. The van der Waals surface area contributed by atoms with E-state index in [1.165, 1.54) is 13.4 Å². The summed E-state index contributed by atoms with van der Waals surface area (Å²) in [6, 6.07) is 12.8. The van der Waals surface area contributed by atoms with Crippen molar-refractivity contribution in [1.82, 2.24) is 4.98 Å². The van der Waals surface area contributed by atoms with Crippen LogP contribution in [0.4, 0.5) is 0 Å². The van der Waals surface area contributed by atoms with Crippen LogP contribution in [0.3, 0.4) is 0 Å². The Bertz CT molecular complexity index is 878. The van der Waals surface area contributed by atoms with Gasteiger partial charge in [-0.05, 0) is 29.7 Å². The van der Waals surface area contributed by atoms with Gasteiger partial charge < -0.3 is 19.4 Å². The first-order valence-electron chi connectivity index (χ1n) is 9.79. The topological polar surface area (TPSA) is 90.2 Å². The summed E-state index contributed by atoms with van der Waals surface area (Å²) in [5, 5.41) is 13.7. The zero-order valence-corrected chi connectivity index (χ0v) is 17.7. The number of hydrogen-bond donors (Lipinski definition) is 1. The molecule has 1 atom stereocenters. The fraction of sp³-hybridized carbons (Fsp3) is 0.348. The number of oxime groups is 1. The van der Waals surface area contributed by atoms with Crippen LogP contribution in [0.1, 0.15) is 50.1 Å². The molecule has 0 fully saturated rings. The lowest BCUT2D eigenvalue weighted by atomic mass is 10.0. The van der Waals surface area contributed by atoms with E-state index in [0.29, 0.717) is 23.4 Å². The number of pyridine rings is 1. The highest BCUT2D eigenvalue weighted by Crippen LogP contribution is 2.22. The van der Waals surface area contributed by atoms with Crippen molar-refractivity contribution >= 4 is 17.4 Å². The predicted octanol–water partition coefficient (Wildman–Crippen LogP) is 4.81. The van der Waals surface area contributed by atoms with Gasteiger partial charge in [-0.25, -0.2) is 4.79 Å². The van der Waals surface area contributed by atoms with Crippen LogP contribution >= 0.6 is 0 Å². The minimum atomic E-state index is -1.08. The molecule has 2 aromatic rings. The van der Waals surface area contributed by atoms with Gasteiger partial charge in [-0.15, -0.1) is 0 Å². The molecular weight excluding hydrogens is 384 g/mol. The second-order valence-corrected chi connectivity index (χ2v) is 6.86. The molecule has 1 N–H and O–H groups in total. The van der Waals surface area contributed by atoms with Crippen molar-refractivity contribution in [3.8, 4) is 0 Å². The Hall–Kier alpha value is -3.35. The van der Waals surface area contributed by atoms with E-state index in [1.54, 1.807) is 18.3 Å². The Kier molecular flexibility index (Phi) is 8.87. The highest BCUT2D eigenvalue weighted by Gasteiger charge is 2.18. The maximum Gasteiger partial charge on any atom is 0.339 e. The number of nitrogens with zero attached hydrogens (tertiary/aromatic N) is 2. The third kappa shape index (κ3) is 6.34. The van der Waals surface area contributed by atoms with Gasteiger partial charge in [-0.3, -0.25) is 4.98 Å². The molecule has 1 unspecified atom stereocenters. The molecule has 0 bridgehead atoms. The first-order valence-corrected chi connectivity index (χ1v) is 9.79. The van der Waals surface area contributed by atoms with Crippen LogP contribution in [-0.4, -0.2) is 29.1 Å². The third-order valence-electron chi connectivity index (χ3n) is 4.30. The Labute approximate surface area is 177 Å². The number of benzene rings is 1. The van der Waals surface area contributed by atoms with Crippen molar-refractivity contribution in [1.29, 1.82) is 0 Å². The zero-order chi connectivity index (χ0) is 21.9. The maximum absolute atomic E-state index is 11.6. The monoisotopic (exact) mass is 412 g/mol. The molecule has 1 heterocycles. The molecule has 0 saturated carbocycles. The largest absolute Gasteiger partial charge is 0.503 e. The highest BCUT2D eigenvalue weighted by molar-refractivity contribution is 6.15. The molecule has 0 aliphatic rings. The molecule has 1 aromatic carbocycles. The normalized spacial score (nSPS) is 13.1. The summed E-state index contributed by atoms with van der Waals surface area (Å²) in [6.07, 6.45) is 3.35. The summed E-state index contributed by atoms with van der Waals surface area (Å²) in [5.74, 6) is -0.676. The van der Waals surface area contributed by atoms with Crippen LogP contribution in [-0.2, 0) is 25.7 Å². The molecule has 7 heteroatoms. The minimum Gasteiger partial charge on any atom is -0.503 e. The Balaban J connectivity index is 2.18. The van der Waals surface area contributed by atoms with Crippen molar-refractivity contribution < 1.29 is 24.2 Å². The average molecular weight is 412 g/mol. The van der Waals surface area contributed by atoms with E-state index < -0.39 is 5.97 Å². The van der Waals surface area contributed by atoms with E-state index in [-0.39, 0.29) is 24.2 Å². The van der Waals surface area contributed by atoms with Gasteiger partial charge in [0.05, 0.1) is 19.1 Å². The number of aromatic nitrogens is 1. The average Bonchev–Trinajstić information content (AvgIpc) is 2.75. The number of methoxy groups -OCH3 is 1. The fourth-order valence-electron chi connectivity index (χ4n) is 2.73. The second kappa shape index (κ2) is 11.6. The molecule has 2 rings (SSSR count). The summed E-state index contributed by atoms with van der Waals surface area (Å²) >= 11 is 0. The van der Waals surface area contributed by atoms with Crippen LogP contribution in [0, 0.1) is 5.92 Å². The van der Waals surface area contributed by atoms with E-state index in [1.807, 2.05) is 51.1 Å². The maximum atomic E-state index is 11.6. The molecule has 0 amide bonds. The fourth-order valence-corrected chi connectivity index (χ4v) is 2.73. The van der Waals surface area contributed by atoms with Gasteiger partial charge >= 0.3 is 5.97 Å². The summed E-state index contributed by atoms with van der Waals surface area (Å²) in [4.78, 5) is 21.6. The van der Waals surface area contributed by atoms with Gasteiger partial charge in [-0.2, -0.15) is 0 Å². The summed E-state index contributed by atoms with van der Waals surface area (Å²) < 4.78 is 10.8. The first kappa shape index (κ1) is 22.9. The van der Waals surface area contributed by atoms with Gasteiger partial charge in [0.15, 0.2) is 6.10 Å². The van der Waals surface area contributed by atoms with Crippen LogP contribution in [0.15, 0.2) is 60.1 Å². The van der Waals surface area contributed by atoms with Crippen molar-refractivity contribution in [3.63, 3.8) is 0 Å². The lowest BCUT2D eigenvalue weighted by molar-refractivity contribution is -0.130. The summed E-state index contributed by atoms with van der Waals surface area (Å²) in [7, 11) is 1.41. The lowest BCUT2D eigenvalue weighted by Gasteiger charge is -2.17. The summed E-state index contributed by atoms with van der Waals surface area (Å²) in [6.45, 7) is 6.04. The van der Waals surface area contributed by atoms with Crippen LogP contribution in [0.2, 0.25) is 0 Å². The molecule has 0 radical (unpaired) electrons. The van der Waals surface area contributed by atoms with Crippen molar-refractivity contribution in [2.75, 3.05) is 7.11 Å². The Morgan fingerprint density at radius 3 is 2.53 bits per heavy atom. The van der Waals surface area contributed by atoms with E-state index in [4.69, 9.17) is 14.3 Å². The number of hydrogen-bond acceptors (Lipinski definition) is 6. The second-order valence-electron chi connectivity index (χ2n) is 6.86. The number of rotatable bonds is 10. The molecule has 0 aliphatic heterocycles. The molecule has 0 aliphatic carbocycles. The van der Waals surface area contributed by atoms with Crippen molar-refractivity contribution in [3.05, 3.63) is 71.7 Å². The zero-order valence-electron chi connectivity index (χ0n) is 17.7. The number of carboxylic acids is 1. The third-order valence-corrected chi connectivity index (χ3v) is 4.30. The lowest BCUT2D eigenvalue weighted by Crippen LogP contribution is -2.15. The number of carboxylic acid groups (broad SMARTS) is 1. The molecular formula is C23H28N2O5. The van der Waals surface area contributed by atoms with Crippen molar-refractivity contribution in [2.45, 2.75) is 39.9 Å². The molecule has 0 saturated heterocycles. The molecule has 7 nitrogen and oxygen atoms in total. The van der Waals surface area contributed by atoms with E-state index in [9.17, 15) is 9.90 Å². The van der Waals surface area contributed by atoms with Gasteiger partial charge in [0.25, 0.3) is 0 Å². The van der Waals surface area contributed by atoms with E-state index in [0.717, 1.165) is 5.69 Å². The number of carbonyl (C=O) groups is 1. The van der Waals surface area contributed by atoms with Crippen LogP contribution in [0.5, 0.6) is 0 Å². The van der Waals surface area contributed by atoms with Gasteiger partial charge in [0.1, 0.15) is 12.2 Å². The van der Waals surface area contributed by atoms with Gasteiger partial charge in [0, 0.05) is 12.1 Å². The first-order chi connectivity index (χ1) is 14.5. The van der Waals surface area contributed by atoms with Gasteiger partial charge in [-0.1, -0.05) is 56.3 Å². The standard InChI is InChI=1S/C23H28N2O5/c1-5-21(20-12-8-9-13-24-20)30-25-22(16(2)3)29-14-17-10-6-7-11-18(17)19(15-28-4)23(26)27/h6-13,15-16,21H,5,14H2,1-4H3,(H,26,27)/b19-15+,25-22-. The van der Waals surface area contributed by atoms with E-state index in [2.05, 4.69) is 10.1 Å². The minimum absolute atomic E-state index is 0.0214. The summed E-state index contributed by atoms with van der Waals surface area (Å²) in [5.41, 5.74) is 2.08. The Morgan fingerprint density at radius 1 is 1.20 bits per heavy atom. The molecule has 160 valence electrons. The molecule has 0 spiro atoms. The molecule has 1 aromatic heterocycles. The number of ether oxygens (including phenoxy) is 2. The molecule has 30 heavy (non-hydrogen) atoms. The number of aliphatic carboxylic acids is 1. The Morgan fingerprint density at radius 2 is 1.93 bits per heavy atom. The predicted molar refractivity (Wildman–Crippen MR) is 114 cm³/mol. The quantitative estimate of drug-likeness (QED) is 0.198. The SMILES string of the molecule is CCC(O/N=C(\OCc1ccccc1/C(=C\OC)C(=O)O)C(C)C)c1ccccn1. The highest BCUT2D eigenvalue weighted by atomic mass is 16.7.